The molecule has 1 aromatic rings. The van der Waals surface area contributed by atoms with Crippen LogP contribution in [0.4, 0.5) is 11.4 Å². The van der Waals surface area contributed by atoms with Gasteiger partial charge in [0.1, 0.15) is 0 Å². The molecule has 1 aliphatic rings. The lowest BCUT2D eigenvalue weighted by Gasteiger charge is -2.39. The van der Waals surface area contributed by atoms with E-state index in [9.17, 15) is 14.9 Å². The van der Waals surface area contributed by atoms with Gasteiger partial charge in [-0.2, -0.15) is 0 Å². The van der Waals surface area contributed by atoms with Gasteiger partial charge < -0.3 is 4.90 Å². The molecule has 114 valence electrons. The number of benzene rings is 1. The van der Waals surface area contributed by atoms with Crippen molar-refractivity contribution in [2.75, 3.05) is 11.9 Å². The Kier molecular flexibility index (Phi) is 4.30. The van der Waals surface area contributed by atoms with Crippen LogP contribution in [-0.2, 0) is 0 Å². The SMILES string of the molecule is CN(c1ccc([N+](=O)[O-])cc1C=O)C1CCC(C)(C)CC1. The molecule has 0 N–H and O–H groups in total. The maximum absolute atomic E-state index is 11.2. The normalized spacial score (nSPS) is 18.2. The third-order valence-electron chi connectivity index (χ3n) is 4.59. The molecule has 0 radical (unpaired) electrons. The number of nitrogens with zero attached hydrogens (tertiary/aromatic N) is 2. The summed E-state index contributed by atoms with van der Waals surface area (Å²) in [7, 11) is 1.97. The predicted octanol–water partition coefficient (Wildman–Crippen LogP) is 3.81. The molecule has 0 bridgehead atoms. The molecule has 1 saturated carbocycles. The molecule has 0 heterocycles. The smallest absolute Gasteiger partial charge is 0.270 e. The van der Waals surface area contributed by atoms with E-state index < -0.39 is 4.92 Å². The summed E-state index contributed by atoms with van der Waals surface area (Å²) in [5, 5.41) is 10.8. The van der Waals surface area contributed by atoms with Gasteiger partial charge in [-0.05, 0) is 37.2 Å². The summed E-state index contributed by atoms with van der Waals surface area (Å²) in [6, 6.07) is 4.89. The molecular weight excluding hydrogens is 268 g/mol. The molecule has 0 atom stereocenters. The highest BCUT2D eigenvalue weighted by molar-refractivity contribution is 5.86. The first kappa shape index (κ1) is 15.5. The van der Waals surface area contributed by atoms with Crippen LogP contribution in [0.15, 0.2) is 18.2 Å². The van der Waals surface area contributed by atoms with Crippen LogP contribution in [0.5, 0.6) is 0 Å². The average Bonchev–Trinajstić information content (AvgIpc) is 2.45. The molecule has 1 aromatic carbocycles. The molecule has 21 heavy (non-hydrogen) atoms. The number of carbonyl (C=O) groups excluding carboxylic acids is 1. The molecule has 0 spiro atoms. The van der Waals surface area contributed by atoms with Gasteiger partial charge in [-0.25, -0.2) is 0 Å². The van der Waals surface area contributed by atoms with Gasteiger partial charge in [0.2, 0.25) is 0 Å². The quantitative estimate of drug-likeness (QED) is 0.480. The molecule has 5 heteroatoms. The standard InChI is InChI=1S/C16H22N2O3/c1-16(2)8-6-13(7-9-16)17(3)15-5-4-14(18(20)21)10-12(15)11-19/h4-5,10-11,13H,6-9H2,1-3H3. The van der Waals surface area contributed by atoms with Gasteiger partial charge in [0.25, 0.3) is 5.69 Å². The summed E-state index contributed by atoms with van der Waals surface area (Å²) >= 11 is 0. The van der Waals surface area contributed by atoms with Gasteiger partial charge in [-0.3, -0.25) is 14.9 Å². The number of anilines is 1. The van der Waals surface area contributed by atoms with Crippen LogP contribution >= 0.6 is 0 Å². The maximum atomic E-state index is 11.2. The summed E-state index contributed by atoms with van der Waals surface area (Å²) in [6.45, 7) is 4.57. The number of hydrogen-bond acceptors (Lipinski definition) is 4. The fourth-order valence-corrected chi connectivity index (χ4v) is 3.04. The molecular formula is C16H22N2O3. The van der Waals surface area contributed by atoms with Crippen molar-refractivity contribution >= 4 is 17.7 Å². The summed E-state index contributed by atoms with van der Waals surface area (Å²) in [5.74, 6) is 0. The van der Waals surface area contributed by atoms with Crippen LogP contribution in [0.3, 0.4) is 0 Å². The second-order valence-corrected chi connectivity index (χ2v) is 6.62. The highest BCUT2D eigenvalue weighted by Crippen LogP contribution is 2.38. The van der Waals surface area contributed by atoms with E-state index in [1.807, 2.05) is 7.05 Å². The van der Waals surface area contributed by atoms with E-state index in [4.69, 9.17) is 0 Å². The van der Waals surface area contributed by atoms with Crippen LogP contribution in [0.25, 0.3) is 0 Å². The van der Waals surface area contributed by atoms with Crippen LogP contribution in [0, 0.1) is 15.5 Å². The molecule has 0 aliphatic heterocycles. The van der Waals surface area contributed by atoms with E-state index in [0.717, 1.165) is 31.4 Å². The molecule has 2 rings (SSSR count). The van der Waals surface area contributed by atoms with Crippen molar-refractivity contribution in [2.24, 2.45) is 5.41 Å². The van der Waals surface area contributed by atoms with E-state index in [1.165, 1.54) is 12.1 Å². The van der Waals surface area contributed by atoms with Crippen molar-refractivity contribution in [3.63, 3.8) is 0 Å². The molecule has 0 saturated heterocycles. The number of nitro groups is 1. The molecule has 0 amide bonds. The summed E-state index contributed by atoms with van der Waals surface area (Å²) < 4.78 is 0. The van der Waals surface area contributed by atoms with Crippen LogP contribution in [0.1, 0.15) is 49.9 Å². The first-order valence-electron chi connectivity index (χ1n) is 7.30. The zero-order valence-corrected chi connectivity index (χ0v) is 12.8. The lowest BCUT2D eigenvalue weighted by molar-refractivity contribution is -0.384. The Morgan fingerprint density at radius 1 is 1.33 bits per heavy atom. The molecule has 0 unspecified atom stereocenters. The van der Waals surface area contributed by atoms with Crippen molar-refractivity contribution in [3.8, 4) is 0 Å². The van der Waals surface area contributed by atoms with Gasteiger partial charge in [0.05, 0.1) is 4.92 Å². The zero-order valence-electron chi connectivity index (χ0n) is 12.8. The largest absolute Gasteiger partial charge is 0.371 e. The van der Waals surface area contributed by atoms with Crippen molar-refractivity contribution in [1.82, 2.24) is 0 Å². The minimum Gasteiger partial charge on any atom is -0.371 e. The third-order valence-corrected chi connectivity index (χ3v) is 4.59. The number of nitro benzene ring substituents is 1. The summed E-state index contributed by atoms with van der Waals surface area (Å²) in [4.78, 5) is 23.7. The monoisotopic (exact) mass is 290 g/mol. The lowest BCUT2D eigenvalue weighted by atomic mass is 9.75. The molecule has 1 fully saturated rings. The number of hydrogen-bond donors (Lipinski definition) is 0. The van der Waals surface area contributed by atoms with Crippen LogP contribution in [0.2, 0.25) is 0 Å². The fourth-order valence-electron chi connectivity index (χ4n) is 3.04. The number of rotatable bonds is 4. The number of carbonyl (C=O) groups is 1. The Morgan fingerprint density at radius 2 is 1.95 bits per heavy atom. The highest BCUT2D eigenvalue weighted by atomic mass is 16.6. The second-order valence-electron chi connectivity index (χ2n) is 6.62. The first-order valence-corrected chi connectivity index (χ1v) is 7.30. The molecule has 1 aliphatic carbocycles. The molecule has 5 nitrogen and oxygen atoms in total. The number of non-ortho nitro benzene ring substituents is 1. The first-order chi connectivity index (χ1) is 9.84. The fraction of sp³-hybridized carbons (Fsp3) is 0.562. The predicted molar refractivity (Wildman–Crippen MR) is 82.9 cm³/mol. The van der Waals surface area contributed by atoms with E-state index in [1.54, 1.807) is 6.07 Å². The molecule has 0 aromatic heterocycles. The van der Waals surface area contributed by atoms with Crippen molar-refractivity contribution in [3.05, 3.63) is 33.9 Å². The topological polar surface area (TPSA) is 63.4 Å². The van der Waals surface area contributed by atoms with Gasteiger partial charge in [0.15, 0.2) is 6.29 Å². The Morgan fingerprint density at radius 3 is 2.48 bits per heavy atom. The van der Waals surface area contributed by atoms with Crippen LogP contribution in [-0.4, -0.2) is 24.3 Å². The van der Waals surface area contributed by atoms with E-state index in [-0.39, 0.29) is 5.69 Å². The third kappa shape index (κ3) is 3.40. The Bertz CT molecular complexity index is 544. The zero-order chi connectivity index (χ0) is 15.6. The summed E-state index contributed by atoms with van der Waals surface area (Å²) in [5.41, 5.74) is 1.51. The van der Waals surface area contributed by atoms with Crippen molar-refractivity contribution < 1.29 is 9.72 Å². The highest BCUT2D eigenvalue weighted by Gasteiger charge is 2.29. The maximum Gasteiger partial charge on any atom is 0.270 e. The lowest BCUT2D eigenvalue weighted by Crippen LogP contribution is -2.37. The van der Waals surface area contributed by atoms with Crippen LogP contribution < -0.4 is 4.90 Å². The minimum atomic E-state index is -0.472. The van der Waals surface area contributed by atoms with Gasteiger partial charge >= 0.3 is 0 Å². The Balaban J connectivity index is 2.21. The average molecular weight is 290 g/mol. The number of aldehydes is 1. The second kappa shape index (κ2) is 5.84. The van der Waals surface area contributed by atoms with Crippen molar-refractivity contribution in [1.29, 1.82) is 0 Å². The Hall–Kier alpha value is -1.91. The van der Waals surface area contributed by atoms with E-state index in [2.05, 4.69) is 18.7 Å². The van der Waals surface area contributed by atoms with Crippen molar-refractivity contribution in [2.45, 2.75) is 45.6 Å². The van der Waals surface area contributed by atoms with Gasteiger partial charge in [-0.1, -0.05) is 13.8 Å². The van der Waals surface area contributed by atoms with E-state index in [0.29, 0.717) is 23.3 Å². The van der Waals surface area contributed by atoms with Gasteiger partial charge in [-0.15, -0.1) is 0 Å². The summed E-state index contributed by atoms with van der Waals surface area (Å²) in [6.07, 6.45) is 5.18. The Labute approximate surface area is 125 Å². The van der Waals surface area contributed by atoms with Gasteiger partial charge in [0, 0.05) is 36.5 Å². The minimum absolute atomic E-state index is 0.0426. The van der Waals surface area contributed by atoms with E-state index >= 15 is 0 Å².